The number of alkyl halides is 3. The van der Waals surface area contributed by atoms with Gasteiger partial charge in [0, 0.05) is 62.5 Å². The molecule has 0 saturated heterocycles. The van der Waals surface area contributed by atoms with Crippen molar-refractivity contribution in [2.24, 2.45) is 12.0 Å². The first-order chi connectivity index (χ1) is 24.9. The van der Waals surface area contributed by atoms with Gasteiger partial charge in [-0.2, -0.15) is 13.2 Å². The lowest BCUT2D eigenvalue weighted by Crippen LogP contribution is -2.52. The Labute approximate surface area is 298 Å². The van der Waals surface area contributed by atoms with Crippen LogP contribution in [0.3, 0.4) is 0 Å². The zero-order valence-electron chi connectivity index (χ0n) is 28.8. The van der Waals surface area contributed by atoms with Gasteiger partial charge >= 0.3 is 6.18 Å². The lowest BCUT2D eigenvalue weighted by Gasteiger charge is -2.38. The summed E-state index contributed by atoms with van der Waals surface area (Å²) in [4.78, 5) is 38.5. The standard InChI is InChI=1S/C39H36F3N5O5/c1-22-29(38(50)47(26-8-10-28(48)11-9-26)27-14-24-12-13-44(2)36(24)43-19-27)16-32(45(22)3)30-17-33-34(52-21-51-33)18-31(30)37(49)46-20-25-7-5-4-6-23(25)15-35(46)39(40,41)42/h4-11,16-19,27,35,48H,12-15,20-21H2,1-3H3/t27?,35-/m0/s1. The molecule has 4 aliphatic rings. The number of phenolic OH excluding ortho intramolecular Hbond substituents is 1. The van der Waals surface area contributed by atoms with E-state index in [2.05, 4.69) is 4.90 Å². The quantitative estimate of drug-likeness (QED) is 0.251. The van der Waals surface area contributed by atoms with Gasteiger partial charge in [0.05, 0.1) is 17.2 Å². The average Bonchev–Trinajstić information content (AvgIpc) is 3.83. The number of aromatic hydroxyl groups is 1. The highest BCUT2D eigenvalue weighted by Crippen LogP contribution is 2.43. The molecule has 0 fully saturated rings. The third-order valence-corrected chi connectivity index (χ3v) is 10.6. The van der Waals surface area contributed by atoms with Gasteiger partial charge in [-0.15, -0.1) is 0 Å². The van der Waals surface area contributed by atoms with Crippen LogP contribution in [0, 0.1) is 6.92 Å². The van der Waals surface area contributed by atoms with Crippen LogP contribution in [-0.2, 0) is 20.0 Å². The van der Waals surface area contributed by atoms with Crippen molar-refractivity contribution in [1.29, 1.82) is 0 Å². The molecule has 0 saturated carbocycles. The highest BCUT2D eigenvalue weighted by Gasteiger charge is 2.48. The minimum atomic E-state index is -4.67. The first-order valence-corrected chi connectivity index (χ1v) is 17.0. The van der Waals surface area contributed by atoms with Gasteiger partial charge in [0.15, 0.2) is 11.5 Å². The van der Waals surface area contributed by atoms with Crippen LogP contribution in [0.2, 0.25) is 0 Å². The molecule has 10 nitrogen and oxygen atoms in total. The molecular weight excluding hydrogens is 675 g/mol. The third-order valence-electron chi connectivity index (χ3n) is 10.6. The fraction of sp³-hybridized carbons (Fsp3) is 0.308. The van der Waals surface area contributed by atoms with Crippen molar-refractivity contribution in [3.63, 3.8) is 0 Å². The normalized spacial score (nSPS) is 19.2. The van der Waals surface area contributed by atoms with Crippen LogP contribution in [0.25, 0.3) is 11.3 Å². The highest BCUT2D eigenvalue weighted by atomic mass is 19.4. The fourth-order valence-electron chi connectivity index (χ4n) is 7.68. The van der Waals surface area contributed by atoms with E-state index in [1.54, 1.807) is 78.2 Å². The second kappa shape index (κ2) is 12.5. The Hall–Kier alpha value is -5.72. The average molecular weight is 712 g/mol. The fourth-order valence-corrected chi connectivity index (χ4v) is 7.68. The summed E-state index contributed by atoms with van der Waals surface area (Å²) in [6, 6.07) is 15.5. The summed E-state index contributed by atoms with van der Waals surface area (Å²) in [7, 11) is 3.73. The van der Waals surface area contributed by atoms with Crippen LogP contribution in [0.5, 0.6) is 17.2 Å². The molecule has 4 aromatic rings. The highest BCUT2D eigenvalue weighted by molar-refractivity contribution is 6.11. The summed E-state index contributed by atoms with van der Waals surface area (Å²) in [5, 5.41) is 10.0. The van der Waals surface area contributed by atoms with Crippen LogP contribution in [0.15, 0.2) is 83.1 Å². The van der Waals surface area contributed by atoms with E-state index in [0.29, 0.717) is 51.5 Å². The number of hydrogen-bond donors (Lipinski definition) is 1. The first kappa shape index (κ1) is 33.4. The minimum Gasteiger partial charge on any atom is -0.508 e. The molecule has 1 unspecified atom stereocenters. The number of aliphatic imine (C=N–C) groups is 1. The molecule has 8 rings (SSSR count). The summed E-state index contributed by atoms with van der Waals surface area (Å²) in [5.74, 6) is 0.402. The van der Waals surface area contributed by atoms with Gasteiger partial charge in [0.1, 0.15) is 17.6 Å². The molecule has 2 atom stereocenters. The smallest absolute Gasteiger partial charge is 0.409 e. The Morgan fingerprint density at radius 1 is 0.942 bits per heavy atom. The van der Waals surface area contributed by atoms with E-state index in [0.717, 1.165) is 29.3 Å². The molecule has 1 aromatic heterocycles. The van der Waals surface area contributed by atoms with Gasteiger partial charge in [-0.1, -0.05) is 24.3 Å². The number of anilines is 1. The maximum absolute atomic E-state index is 14.7. The van der Waals surface area contributed by atoms with E-state index < -0.39 is 24.2 Å². The predicted molar refractivity (Wildman–Crippen MR) is 188 cm³/mol. The number of carbonyl (C=O) groups excluding carboxylic acids is 2. The third kappa shape index (κ3) is 5.64. The molecule has 5 heterocycles. The van der Waals surface area contributed by atoms with Crippen LogP contribution >= 0.6 is 0 Å². The molecule has 4 aliphatic heterocycles. The number of hydrogen-bond acceptors (Lipinski definition) is 7. The number of benzene rings is 3. The molecule has 268 valence electrons. The summed E-state index contributed by atoms with van der Waals surface area (Å²) in [6.45, 7) is 2.29. The van der Waals surface area contributed by atoms with E-state index in [1.807, 2.05) is 7.05 Å². The van der Waals surface area contributed by atoms with Gasteiger partial charge in [0.25, 0.3) is 11.8 Å². The number of nitrogens with zero attached hydrogens (tertiary/aromatic N) is 5. The zero-order chi connectivity index (χ0) is 36.5. The Morgan fingerprint density at radius 2 is 1.65 bits per heavy atom. The van der Waals surface area contributed by atoms with E-state index in [9.17, 15) is 27.9 Å². The van der Waals surface area contributed by atoms with Crippen LogP contribution in [-0.4, -0.2) is 76.1 Å². The first-order valence-electron chi connectivity index (χ1n) is 17.0. The van der Waals surface area contributed by atoms with Gasteiger partial charge in [-0.3, -0.25) is 14.5 Å². The predicted octanol–water partition coefficient (Wildman–Crippen LogP) is 6.60. The Balaban J connectivity index is 1.21. The maximum Gasteiger partial charge on any atom is 0.409 e. The van der Waals surface area contributed by atoms with Crippen molar-refractivity contribution in [2.45, 2.75) is 51.0 Å². The van der Waals surface area contributed by atoms with E-state index in [-0.39, 0.29) is 42.7 Å². The Morgan fingerprint density at radius 3 is 2.38 bits per heavy atom. The van der Waals surface area contributed by atoms with Gasteiger partial charge in [-0.05, 0) is 78.9 Å². The summed E-state index contributed by atoms with van der Waals surface area (Å²) in [6.07, 6.45) is -1.85. The van der Waals surface area contributed by atoms with Gasteiger partial charge < -0.3 is 28.9 Å². The van der Waals surface area contributed by atoms with Crippen molar-refractivity contribution in [1.82, 2.24) is 14.4 Å². The molecular formula is C39H36F3N5O5. The second-order valence-electron chi connectivity index (χ2n) is 13.6. The molecule has 0 radical (unpaired) electrons. The monoisotopic (exact) mass is 711 g/mol. The van der Waals surface area contributed by atoms with E-state index in [4.69, 9.17) is 14.5 Å². The number of amides is 2. The molecule has 1 N–H and O–H groups in total. The SMILES string of the molecule is Cc1c(C(=O)N(c2ccc(O)cc2)C2C=NC3=C(CCN3C)C2)cc(-c2cc3c(cc2C(=O)N2Cc4ccccc4C[C@H]2C(F)(F)F)OCO3)n1C. The minimum absolute atomic E-state index is 0.00268. The number of ether oxygens (including phenoxy) is 2. The number of rotatable bonds is 5. The lowest BCUT2D eigenvalue weighted by atomic mass is 9.92. The molecule has 3 aromatic carbocycles. The van der Waals surface area contributed by atoms with Crippen LogP contribution < -0.4 is 14.4 Å². The van der Waals surface area contributed by atoms with Crippen LogP contribution in [0.1, 0.15) is 50.4 Å². The van der Waals surface area contributed by atoms with Crippen molar-refractivity contribution < 1.29 is 37.3 Å². The van der Waals surface area contributed by atoms with Gasteiger partial charge in [0.2, 0.25) is 6.79 Å². The van der Waals surface area contributed by atoms with E-state index >= 15 is 0 Å². The molecule has 0 spiro atoms. The van der Waals surface area contributed by atoms with E-state index in [1.165, 1.54) is 18.2 Å². The summed E-state index contributed by atoms with van der Waals surface area (Å²) in [5.41, 5.74) is 4.55. The van der Waals surface area contributed by atoms with Crippen molar-refractivity contribution >= 4 is 23.7 Å². The molecule has 2 amide bonds. The van der Waals surface area contributed by atoms with Crippen molar-refractivity contribution in [3.8, 4) is 28.5 Å². The Kier molecular flexibility index (Phi) is 8.03. The van der Waals surface area contributed by atoms with Crippen molar-refractivity contribution in [2.75, 3.05) is 25.3 Å². The zero-order valence-corrected chi connectivity index (χ0v) is 28.8. The largest absolute Gasteiger partial charge is 0.508 e. The number of phenols is 1. The molecule has 52 heavy (non-hydrogen) atoms. The molecule has 0 aliphatic carbocycles. The number of carbonyl (C=O) groups is 2. The number of aromatic nitrogens is 1. The summed E-state index contributed by atoms with van der Waals surface area (Å²) >= 11 is 0. The molecule has 0 bridgehead atoms. The van der Waals surface area contributed by atoms with Crippen molar-refractivity contribution in [3.05, 3.63) is 106 Å². The summed E-state index contributed by atoms with van der Waals surface area (Å²) < 4.78 is 56.8. The number of fused-ring (bicyclic) bond motifs is 2. The van der Waals surface area contributed by atoms with Gasteiger partial charge in [-0.25, -0.2) is 4.99 Å². The number of halogens is 3. The Bertz CT molecular complexity index is 2170. The second-order valence-corrected chi connectivity index (χ2v) is 13.6. The molecule has 13 heteroatoms. The lowest BCUT2D eigenvalue weighted by molar-refractivity contribution is -0.179. The van der Waals surface area contributed by atoms with Crippen LogP contribution in [0.4, 0.5) is 18.9 Å². The maximum atomic E-state index is 14.7. The topological polar surface area (TPSA) is 99.8 Å².